The van der Waals surface area contributed by atoms with Crippen LogP contribution in [0.1, 0.15) is 46.0 Å². The highest BCUT2D eigenvalue weighted by atomic mass is 32.1. The zero-order chi connectivity index (χ0) is 23.0. The first kappa shape index (κ1) is 24.1. The largest absolute Gasteiger partial charge is 0.340 e. The highest BCUT2D eigenvalue weighted by Gasteiger charge is 2.28. The molecule has 5 heteroatoms. The van der Waals surface area contributed by atoms with Crippen molar-refractivity contribution in [1.29, 1.82) is 0 Å². The Morgan fingerprint density at radius 2 is 1.39 bits per heavy atom. The second kappa shape index (κ2) is 11.9. The van der Waals surface area contributed by atoms with Crippen LogP contribution in [0.15, 0.2) is 53.5 Å². The Morgan fingerprint density at radius 1 is 0.788 bits per heavy atom. The number of nitrogens with zero attached hydrogens (tertiary/aromatic N) is 4. The molecule has 0 spiro atoms. The molecule has 1 fully saturated rings. The number of hydrogen-bond acceptors (Lipinski definition) is 4. The van der Waals surface area contributed by atoms with E-state index in [1.807, 2.05) is 0 Å². The SMILES string of the molecule is C[C@@H]1CN(CCCn2c3ccccc3c3ccccc32)C[C@H](C)N1CCCCCCN=C=S. The number of hydrogen-bond donors (Lipinski definition) is 0. The standard InChI is InChI=1S/C28H38N4S/c1-23-20-30(21-24(2)31(23)18-10-4-3-9-16-29-22-33)17-11-19-32-27-14-7-5-12-25(27)26-13-6-8-15-28(26)32/h5-8,12-15,23-24H,3-4,9-11,16-21H2,1-2H3/t23-,24+. The fraction of sp³-hybridized carbons (Fsp3) is 0.536. The van der Waals surface area contributed by atoms with Crippen molar-refractivity contribution in [1.82, 2.24) is 14.4 Å². The van der Waals surface area contributed by atoms with Gasteiger partial charge < -0.3 is 9.47 Å². The van der Waals surface area contributed by atoms with Crippen LogP contribution in [-0.4, -0.2) is 64.3 Å². The maximum Gasteiger partial charge on any atom is 0.0584 e. The number of benzene rings is 2. The lowest BCUT2D eigenvalue weighted by molar-refractivity contribution is 0.0368. The molecule has 2 atom stereocenters. The zero-order valence-electron chi connectivity index (χ0n) is 20.2. The van der Waals surface area contributed by atoms with Gasteiger partial charge in [-0.1, -0.05) is 49.2 Å². The number of aryl methyl sites for hydroxylation is 1. The van der Waals surface area contributed by atoms with Gasteiger partial charge in [0.05, 0.1) is 5.16 Å². The van der Waals surface area contributed by atoms with Crippen molar-refractivity contribution in [2.24, 2.45) is 4.99 Å². The van der Waals surface area contributed by atoms with E-state index in [1.165, 1.54) is 73.7 Å². The predicted octanol–water partition coefficient (Wildman–Crippen LogP) is 6.24. The van der Waals surface area contributed by atoms with Crippen LogP contribution in [0.3, 0.4) is 0 Å². The molecule has 2 heterocycles. The maximum absolute atomic E-state index is 4.63. The first-order valence-electron chi connectivity index (χ1n) is 12.7. The molecule has 4 nitrogen and oxygen atoms in total. The van der Waals surface area contributed by atoms with Crippen molar-refractivity contribution >= 4 is 39.2 Å². The summed E-state index contributed by atoms with van der Waals surface area (Å²) in [7, 11) is 0. The number of aliphatic imine (C=N–C) groups is 1. The fourth-order valence-corrected chi connectivity index (χ4v) is 5.76. The van der Waals surface area contributed by atoms with E-state index in [4.69, 9.17) is 0 Å². The number of isothiocyanates is 1. The molecule has 0 N–H and O–H groups in total. The lowest BCUT2D eigenvalue weighted by atomic mass is 10.1. The minimum absolute atomic E-state index is 0.626. The summed E-state index contributed by atoms with van der Waals surface area (Å²) in [5.74, 6) is 0. The minimum Gasteiger partial charge on any atom is -0.340 e. The number of para-hydroxylation sites is 2. The van der Waals surface area contributed by atoms with Gasteiger partial charge in [-0.25, -0.2) is 4.99 Å². The third-order valence-corrected chi connectivity index (χ3v) is 7.34. The number of rotatable bonds is 11. The molecule has 2 aromatic carbocycles. The van der Waals surface area contributed by atoms with Gasteiger partial charge in [0.15, 0.2) is 0 Å². The van der Waals surface area contributed by atoms with E-state index >= 15 is 0 Å². The van der Waals surface area contributed by atoms with Crippen molar-refractivity contribution in [3.8, 4) is 0 Å². The quantitative estimate of drug-likeness (QED) is 0.191. The number of thiocarbonyl (C=S) groups is 1. The summed E-state index contributed by atoms with van der Waals surface area (Å²) in [4.78, 5) is 9.41. The lowest BCUT2D eigenvalue weighted by Crippen LogP contribution is -2.56. The van der Waals surface area contributed by atoms with Gasteiger partial charge in [-0.05, 0) is 70.6 Å². The summed E-state index contributed by atoms with van der Waals surface area (Å²) in [6.45, 7) is 11.5. The number of fused-ring (bicyclic) bond motifs is 3. The van der Waals surface area contributed by atoms with E-state index in [2.05, 4.69) is 99.1 Å². The van der Waals surface area contributed by atoms with E-state index in [9.17, 15) is 0 Å². The third kappa shape index (κ3) is 5.91. The number of aromatic nitrogens is 1. The molecule has 0 amide bonds. The van der Waals surface area contributed by atoms with Gasteiger partial charge in [0.25, 0.3) is 0 Å². The monoisotopic (exact) mass is 462 g/mol. The first-order chi connectivity index (χ1) is 16.2. The van der Waals surface area contributed by atoms with Gasteiger partial charge in [-0.2, -0.15) is 0 Å². The molecule has 1 aromatic heterocycles. The van der Waals surface area contributed by atoms with E-state index in [0.717, 1.165) is 19.5 Å². The summed E-state index contributed by atoms with van der Waals surface area (Å²) >= 11 is 4.63. The van der Waals surface area contributed by atoms with Gasteiger partial charge in [-0.15, -0.1) is 0 Å². The van der Waals surface area contributed by atoms with Gasteiger partial charge in [0.1, 0.15) is 0 Å². The summed E-state index contributed by atoms with van der Waals surface area (Å²) in [6, 6.07) is 18.9. The Bertz CT molecular complexity index is 1020. The Morgan fingerprint density at radius 3 is 2.03 bits per heavy atom. The summed E-state index contributed by atoms with van der Waals surface area (Å²) in [6.07, 6.45) is 6.13. The van der Waals surface area contributed by atoms with Crippen molar-refractivity contribution in [2.45, 2.75) is 64.6 Å². The number of piperazine rings is 1. The molecule has 0 unspecified atom stereocenters. The van der Waals surface area contributed by atoms with Crippen LogP contribution < -0.4 is 0 Å². The molecular formula is C28H38N4S. The fourth-order valence-electron chi connectivity index (χ4n) is 5.67. The molecule has 176 valence electrons. The lowest BCUT2D eigenvalue weighted by Gasteiger charge is -2.44. The molecule has 3 aromatic rings. The average molecular weight is 463 g/mol. The van der Waals surface area contributed by atoms with Crippen molar-refractivity contribution < 1.29 is 0 Å². The Hall–Kier alpha value is -2.04. The van der Waals surface area contributed by atoms with Crippen molar-refractivity contribution in [2.75, 3.05) is 32.7 Å². The maximum atomic E-state index is 4.63. The van der Waals surface area contributed by atoms with E-state index in [1.54, 1.807) is 0 Å². The van der Waals surface area contributed by atoms with E-state index in [-0.39, 0.29) is 0 Å². The third-order valence-electron chi connectivity index (χ3n) is 7.21. The van der Waals surface area contributed by atoms with Gasteiger partial charge in [0.2, 0.25) is 0 Å². The first-order valence-corrected chi connectivity index (χ1v) is 13.1. The molecule has 1 aliphatic rings. The molecule has 0 radical (unpaired) electrons. The van der Waals surface area contributed by atoms with Crippen molar-refractivity contribution in [3.05, 3.63) is 48.5 Å². The molecular weight excluding hydrogens is 424 g/mol. The second-order valence-electron chi connectivity index (χ2n) is 9.62. The summed E-state index contributed by atoms with van der Waals surface area (Å²) in [5, 5.41) is 5.20. The average Bonchev–Trinajstić information content (AvgIpc) is 3.14. The Balaban J connectivity index is 1.26. The predicted molar refractivity (Wildman–Crippen MR) is 144 cm³/mol. The van der Waals surface area contributed by atoms with Crippen LogP contribution in [0.25, 0.3) is 21.8 Å². The van der Waals surface area contributed by atoms with Crippen molar-refractivity contribution in [3.63, 3.8) is 0 Å². The topological polar surface area (TPSA) is 23.8 Å². The minimum atomic E-state index is 0.626. The van der Waals surface area contributed by atoms with Gasteiger partial charge in [0, 0.05) is 60.1 Å². The number of unbranched alkanes of at least 4 members (excludes halogenated alkanes) is 3. The molecule has 1 aliphatic heterocycles. The Kier molecular flexibility index (Phi) is 8.69. The van der Waals surface area contributed by atoms with Crippen LogP contribution >= 0.6 is 12.2 Å². The van der Waals surface area contributed by atoms with Crippen LogP contribution in [0.2, 0.25) is 0 Å². The van der Waals surface area contributed by atoms with E-state index < -0.39 is 0 Å². The van der Waals surface area contributed by atoms with Crippen LogP contribution in [0.5, 0.6) is 0 Å². The van der Waals surface area contributed by atoms with Gasteiger partial charge >= 0.3 is 0 Å². The highest BCUT2D eigenvalue weighted by molar-refractivity contribution is 7.78. The molecule has 33 heavy (non-hydrogen) atoms. The van der Waals surface area contributed by atoms with E-state index in [0.29, 0.717) is 12.1 Å². The Labute approximate surface area is 204 Å². The second-order valence-corrected chi connectivity index (χ2v) is 9.80. The van der Waals surface area contributed by atoms with Gasteiger partial charge in [-0.3, -0.25) is 4.90 Å². The van der Waals surface area contributed by atoms with Crippen LogP contribution in [-0.2, 0) is 6.54 Å². The van der Waals surface area contributed by atoms with Crippen LogP contribution in [0.4, 0.5) is 0 Å². The highest BCUT2D eigenvalue weighted by Crippen LogP contribution is 2.29. The molecule has 1 saturated heterocycles. The normalized spacial score (nSPS) is 19.8. The molecule has 4 rings (SSSR count). The summed E-state index contributed by atoms with van der Waals surface area (Å²) < 4.78 is 2.52. The zero-order valence-corrected chi connectivity index (χ0v) is 21.1. The molecule has 0 saturated carbocycles. The molecule has 0 bridgehead atoms. The van der Waals surface area contributed by atoms with Crippen LogP contribution in [0, 0.1) is 0 Å². The summed E-state index contributed by atoms with van der Waals surface area (Å²) in [5.41, 5.74) is 2.72. The molecule has 0 aliphatic carbocycles. The smallest absolute Gasteiger partial charge is 0.0584 e.